The molecule has 6 unspecified atom stereocenters. The maximum atomic E-state index is 12.9. The highest BCUT2D eigenvalue weighted by molar-refractivity contribution is 6.02. The molecular formula is C37H44N2O13. The molecule has 6 atom stereocenters. The molecule has 2 saturated carbocycles. The first kappa shape index (κ1) is 36.0. The van der Waals surface area contributed by atoms with E-state index >= 15 is 0 Å². The van der Waals surface area contributed by atoms with Crippen LogP contribution in [0.2, 0.25) is 0 Å². The molecule has 3 heterocycles. The van der Waals surface area contributed by atoms with E-state index in [0.29, 0.717) is 42.7 Å². The maximum absolute atomic E-state index is 12.9. The number of carboxylic acid groups (broad SMARTS) is 1. The van der Waals surface area contributed by atoms with E-state index in [0.717, 1.165) is 12.8 Å². The van der Waals surface area contributed by atoms with Crippen LogP contribution >= 0.6 is 0 Å². The third kappa shape index (κ3) is 6.03. The standard InChI is InChI=1S/C37H44N2O13/c1-48-21-10-8-20(9-11-21)23-16-22(40)27-24(49-23)17-25(30(28(27)41)52-36(46)14-6-3-7-15-36)50-34-29(42)31(43)37(47,32(51-34)33(44)45)35(12-4-2-5-13-35)26-18-38-19-39-26/h8-11,16-17,19,23,29,31-32,34,40-43,46-47H,2-7,12-15,18H2,1H3,(H,44,45). The highest BCUT2D eigenvalue weighted by atomic mass is 16.7. The molecule has 3 aliphatic heterocycles. The van der Waals surface area contributed by atoms with E-state index in [1.807, 2.05) is 0 Å². The fourth-order valence-corrected chi connectivity index (χ4v) is 8.40. The van der Waals surface area contributed by atoms with Crippen LogP contribution in [-0.4, -0.2) is 103 Å². The number of methoxy groups -OCH3 is 1. The van der Waals surface area contributed by atoms with Crippen LogP contribution in [0.1, 0.15) is 81.4 Å². The summed E-state index contributed by atoms with van der Waals surface area (Å²) in [5.74, 6) is -4.64. The van der Waals surface area contributed by atoms with Crippen molar-refractivity contribution in [3.63, 3.8) is 0 Å². The molecule has 0 bridgehead atoms. The number of phenolic OH excluding ortho intramolecular Hbond substituents is 1. The van der Waals surface area contributed by atoms with Crippen molar-refractivity contribution in [2.24, 2.45) is 15.4 Å². The zero-order valence-electron chi connectivity index (χ0n) is 28.7. The monoisotopic (exact) mass is 724 g/mol. The Labute approximate surface area is 299 Å². The van der Waals surface area contributed by atoms with Gasteiger partial charge < -0.3 is 59.4 Å². The van der Waals surface area contributed by atoms with Gasteiger partial charge in [-0.15, -0.1) is 0 Å². The van der Waals surface area contributed by atoms with Crippen molar-refractivity contribution >= 4 is 23.8 Å². The third-order valence-corrected chi connectivity index (χ3v) is 11.1. The number of phenols is 1. The topological polar surface area (TPSA) is 230 Å². The number of aliphatic imine (C=N–C) groups is 2. The molecule has 2 aromatic carbocycles. The lowest BCUT2D eigenvalue weighted by atomic mass is 9.55. The minimum Gasteiger partial charge on any atom is -0.507 e. The van der Waals surface area contributed by atoms with Crippen molar-refractivity contribution in [1.82, 2.24) is 0 Å². The number of carbonyl (C=O) groups is 1. The lowest BCUT2D eigenvalue weighted by Crippen LogP contribution is -2.76. The minimum atomic E-state index is -2.55. The molecule has 280 valence electrons. The van der Waals surface area contributed by atoms with E-state index in [9.17, 15) is 40.5 Å². The summed E-state index contributed by atoms with van der Waals surface area (Å²) < 4.78 is 29.4. The number of aliphatic hydroxyl groups is 5. The van der Waals surface area contributed by atoms with Crippen LogP contribution in [0.3, 0.4) is 0 Å². The highest BCUT2D eigenvalue weighted by Gasteiger charge is 2.69. The molecule has 15 nitrogen and oxygen atoms in total. The summed E-state index contributed by atoms with van der Waals surface area (Å²) in [5, 5.41) is 80.5. The summed E-state index contributed by atoms with van der Waals surface area (Å²) in [4.78, 5) is 21.4. The average Bonchev–Trinajstić information content (AvgIpc) is 3.69. The fourth-order valence-electron chi connectivity index (χ4n) is 8.40. The van der Waals surface area contributed by atoms with Crippen molar-refractivity contribution < 1.29 is 64.2 Å². The van der Waals surface area contributed by atoms with Crippen LogP contribution in [0, 0.1) is 5.41 Å². The van der Waals surface area contributed by atoms with Crippen molar-refractivity contribution in [2.75, 3.05) is 13.7 Å². The second-order valence-electron chi connectivity index (χ2n) is 14.2. The van der Waals surface area contributed by atoms with Crippen molar-refractivity contribution in [2.45, 2.75) is 106 Å². The second-order valence-corrected chi connectivity index (χ2v) is 14.2. The van der Waals surface area contributed by atoms with E-state index in [4.69, 9.17) is 23.7 Å². The van der Waals surface area contributed by atoms with Gasteiger partial charge >= 0.3 is 5.97 Å². The summed E-state index contributed by atoms with van der Waals surface area (Å²) in [6, 6.07) is 8.14. The van der Waals surface area contributed by atoms with Crippen LogP contribution in [-0.2, 0) is 9.53 Å². The number of aliphatic carboxylic acids is 1. The Morgan fingerprint density at radius 3 is 2.25 bits per heavy atom. The Hall–Kier alpha value is -4.41. The largest absolute Gasteiger partial charge is 0.507 e. The molecule has 2 aliphatic carbocycles. The van der Waals surface area contributed by atoms with Gasteiger partial charge in [0.15, 0.2) is 17.6 Å². The van der Waals surface area contributed by atoms with E-state index in [1.165, 1.54) is 25.6 Å². The van der Waals surface area contributed by atoms with Gasteiger partial charge in [-0.3, -0.25) is 4.99 Å². The molecule has 15 heteroatoms. The molecule has 0 radical (unpaired) electrons. The van der Waals surface area contributed by atoms with Gasteiger partial charge in [-0.25, -0.2) is 9.79 Å². The molecule has 0 aromatic heterocycles. The number of nitrogens with zero attached hydrogens (tertiary/aromatic N) is 2. The van der Waals surface area contributed by atoms with Crippen molar-refractivity contribution in [3.8, 4) is 28.7 Å². The van der Waals surface area contributed by atoms with Gasteiger partial charge in [0.1, 0.15) is 53.1 Å². The predicted molar refractivity (Wildman–Crippen MR) is 184 cm³/mol. The normalized spacial score (nSPS) is 30.7. The van der Waals surface area contributed by atoms with Crippen LogP contribution in [0.15, 0.2) is 46.4 Å². The Balaban J connectivity index is 1.27. The summed E-state index contributed by atoms with van der Waals surface area (Å²) in [7, 11) is 1.53. The van der Waals surface area contributed by atoms with Crippen LogP contribution in [0.4, 0.5) is 0 Å². The van der Waals surface area contributed by atoms with Gasteiger partial charge in [0.05, 0.1) is 19.4 Å². The zero-order valence-corrected chi connectivity index (χ0v) is 28.7. The molecule has 3 fully saturated rings. The quantitative estimate of drug-likeness (QED) is 0.184. The molecule has 1 saturated heterocycles. The van der Waals surface area contributed by atoms with E-state index in [1.54, 1.807) is 24.3 Å². The first-order chi connectivity index (χ1) is 24.9. The van der Waals surface area contributed by atoms with Crippen LogP contribution in [0.25, 0.3) is 5.76 Å². The van der Waals surface area contributed by atoms with E-state index < -0.39 is 65.0 Å². The lowest BCUT2D eigenvalue weighted by Gasteiger charge is -2.57. The molecular weight excluding hydrogens is 680 g/mol. The minimum absolute atomic E-state index is 0.0751. The van der Waals surface area contributed by atoms with Gasteiger partial charge in [0, 0.05) is 30.4 Å². The molecule has 5 aliphatic rings. The smallest absolute Gasteiger partial charge is 0.336 e. The van der Waals surface area contributed by atoms with E-state index in [2.05, 4.69) is 9.98 Å². The molecule has 52 heavy (non-hydrogen) atoms. The summed E-state index contributed by atoms with van der Waals surface area (Å²) >= 11 is 0. The van der Waals surface area contributed by atoms with Crippen molar-refractivity contribution in [3.05, 3.63) is 47.5 Å². The predicted octanol–water partition coefficient (Wildman–Crippen LogP) is 3.54. The summed E-state index contributed by atoms with van der Waals surface area (Å²) in [6.07, 6.45) is -1.23. The first-order valence-corrected chi connectivity index (χ1v) is 17.6. The number of ether oxygens (including phenoxy) is 5. The lowest BCUT2D eigenvalue weighted by molar-refractivity contribution is -0.326. The Morgan fingerprint density at radius 1 is 0.962 bits per heavy atom. The number of aliphatic hydroxyl groups excluding tert-OH is 3. The number of rotatable bonds is 9. The average molecular weight is 725 g/mol. The van der Waals surface area contributed by atoms with Gasteiger partial charge in [-0.2, -0.15) is 0 Å². The Bertz CT molecular complexity index is 1760. The Kier molecular flexibility index (Phi) is 9.59. The molecule has 7 rings (SSSR count). The summed E-state index contributed by atoms with van der Waals surface area (Å²) in [6.45, 7) is 0.0915. The van der Waals surface area contributed by atoms with E-state index in [-0.39, 0.29) is 55.0 Å². The molecule has 0 amide bonds. The number of aromatic hydroxyl groups is 1. The van der Waals surface area contributed by atoms with Crippen LogP contribution in [0.5, 0.6) is 28.7 Å². The number of fused-ring (bicyclic) bond motifs is 1. The highest BCUT2D eigenvalue weighted by Crippen LogP contribution is 2.55. The molecule has 0 spiro atoms. The Morgan fingerprint density at radius 2 is 1.63 bits per heavy atom. The SMILES string of the molecule is COc1ccc(C2C=C(O)c3c(cc(OC4OC(C(=O)O)C(O)(C5(C6=NC=NC6)CCCCC5)C(O)C4O)c(OC4(O)CCCCC4)c3O)O2)cc1. The fraction of sp³-hybridized carbons (Fsp3) is 0.541. The number of carboxylic acids is 1. The number of benzene rings is 2. The zero-order chi connectivity index (χ0) is 36.8. The number of hydrogen-bond donors (Lipinski definition) is 7. The molecule has 7 N–H and O–H groups in total. The van der Waals surface area contributed by atoms with Gasteiger partial charge in [-0.1, -0.05) is 37.8 Å². The van der Waals surface area contributed by atoms with Crippen LogP contribution < -0.4 is 18.9 Å². The van der Waals surface area contributed by atoms with Gasteiger partial charge in [-0.05, 0) is 43.4 Å². The number of hydrogen-bond acceptors (Lipinski definition) is 14. The first-order valence-electron chi connectivity index (χ1n) is 17.6. The van der Waals surface area contributed by atoms with Crippen molar-refractivity contribution in [1.29, 1.82) is 0 Å². The molecule has 2 aromatic rings. The third-order valence-electron chi connectivity index (χ3n) is 11.1. The van der Waals surface area contributed by atoms with Gasteiger partial charge in [0.25, 0.3) is 0 Å². The maximum Gasteiger partial charge on any atom is 0.336 e. The summed E-state index contributed by atoms with van der Waals surface area (Å²) in [5.41, 5.74) is -3.07. The van der Waals surface area contributed by atoms with Gasteiger partial charge in [0.2, 0.25) is 17.8 Å². The second kappa shape index (κ2) is 13.9.